The van der Waals surface area contributed by atoms with Crippen molar-refractivity contribution in [2.24, 2.45) is 5.73 Å². The molecule has 0 unspecified atom stereocenters. The van der Waals surface area contributed by atoms with Gasteiger partial charge in [-0.3, -0.25) is 4.79 Å². The molecule has 0 bridgehead atoms. The molecule has 9 heteroatoms. The first-order valence-electron chi connectivity index (χ1n) is 6.62. The zero-order valence-corrected chi connectivity index (χ0v) is 15.3. The first-order chi connectivity index (χ1) is 9.82. The maximum atomic E-state index is 12.5. The highest BCUT2D eigenvalue weighted by Gasteiger charge is 2.30. The van der Waals surface area contributed by atoms with Crippen molar-refractivity contribution in [3.8, 4) is 0 Å². The molecule has 1 atom stereocenters. The van der Waals surface area contributed by atoms with Crippen LogP contribution in [0.2, 0.25) is 0 Å². The number of nitrogens with zero attached hydrogens (tertiary/aromatic N) is 2. The summed E-state index contributed by atoms with van der Waals surface area (Å²) in [6, 6.07) is 5.98. The third-order valence-corrected chi connectivity index (χ3v) is 5.83. The van der Waals surface area contributed by atoms with Crippen LogP contribution in [-0.4, -0.2) is 55.8 Å². The fourth-order valence-electron chi connectivity index (χ4n) is 2.19. The van der Waals surface area contributed by atoms with Crippen LogP contribution in [0.4, 0.5) is 0 Å². The third-order valence-electron chi connectivity index (χ3n) is 3.39. The summed E-state index contributed by atoms with van der Waals surface area (Å²) < 4.78 is 27.2. The lowest BCUT2D eigenvalue weighted by atomic mass is 10.2. The number of halogens is 2. The molecule has 1 aliphatic heterocycles. The Hall–Kier alpha value is -0.670. The van der Waals surface area contributed by atoms with Gasteiger partial charge in [-0.15, -0.1) is 12.4 Å². The fraction of sp³-hybridized carbons (Fsp3) is 0.462. The van der Waals surface area contributed by atoms with E-state index in [1.807, 2.05) is 0 Å². The van der Waals surface area contributed by atoms with Crippen molar-refractivity contribution in [2.45, 2.75) is 17.9 Å². The Labute approximate surface area is 145 Å². The maximum Gasteiger partial charge on any atom is 0.243 e. The van der Waals surface area contributed by atoms with E-state index >= 15 is 0 Å². The molecule has 0 saturated carbocycles. The van der Waals surface area contributed by atoms with E-state index in [4.69, 9.17) is 5.73 Å². The lowest BCUT2D eigenvalue weighted by Crippen LogP contribution is -2.53. The minimum atomic E-state index is -3.50. The van der Waals surface area contributed by atoms with Gasteiger partial charge < -0.3 is 10.6 Å². The average molecular weight is 413 g/mol. The van der Waals surface area contributed by atoms with Crippen molar-refractivity contribution in [3.05, 3.63) is 28.7 Å². The molecule has 1 heterocycles. The van der Waals surface area contributed by atoms with E-state index < -0.39 is 16.1 Å². The van der Waals surface area contributed by atoms with Gasteiger partial charge in [0.05, 0.1) is 10.9 Å². The zero-order chi connectivity index (χ0) is 15.6. The number of carbonyl (C=O) groups excluding carboxylic acids is 1. The topological polar surface area (TPSA) is 83.7 Å². The quantitative estimate of drug-likeness (QED) is 0.804. The van der Waals surface area contributed by atoms with Crippen molar-refractivity contribution >= 4 is 44.3 Å². The maximum absolute atomic E-state index is 12.5. The van der Waals surface area contributed by atoms with Gasteiger partial charge in [0.1, 0.15) is 0 Å². The first-order valence-corrected chi connectivity index (χ1v) is 8.86. The number of hydrogen-bond donors (Lipinski definition) is 1. The van der Waals surface area contributed by atoms with Crippen molar-refractivity contribution in [2.75, 3.05) is 26.2 Å². The summed E-state index contributed by atoms with van der Waals surface area (Å²) >= 11 is 3.28. The number of nitrogens with two attached hydrogens (primary N) is 1. The molecule has 6 nitrogen and oxygen atoms in total. The second-order valence-corrected chi connectivity index (χ2v) is 7.83. The van der Waals surface area contributed by atoms with E-state index in [0.29, 0.717) is 13.1 Å². The Morgan fingerprint density at radius 2 is 1.68 bits per heavy atom. The van der Waals surface area contributed by atoms with Crippen molar-refractivity contribution in [3.63, 3.8) is 0 Å². The predicted molar refractivity (Wildman–Crippen MR) is 90.4 cm³/mol. The van der Waals surface area contributed by atoms with Crippen molar-refractivity contribution in [1.29, 1.82) is 0 Å². The van der Waals surface area contributed by atoms with E-state index in [2.05, 4.69) is 15.9 Å². The number of carbonyl (C=O) groups is 1. The molecule has 0 radical (unpaired) electrons. The van der Waals surface area contributed by atoms with Crippen LogP contribution >= 0.6 is 28.3 Å². The Balaban J connectivity index is 0.00000242. The van der Waals surface area contributed by atoms with Crippen LogP contribution in [0.5, 0.6) is 0 Å². The lowest BCUT2D eigenvalue weighted by molar-refractivity contribution is -0.133. The van der Waals surface area contributed by atoms with Gasteiger partial charge in [-0.25, -0.2) is 8.42 Å². The molecule has 2 N–H and O–H groups in total. The van der Waals surface area contributed by atoms with Crippen LogP contribution in [0.1, 0.15) is 6.92 Å². The highest BCUT2D eigenvalue weighted by Crippen LogP contribution is 2.20. The molecule has 1 amide bonds. The van der Waals surface area contributed by atoms with Gasteiger partial charge in [0.2, 0.25) is 15.9 Å². The van der Waals surface area contributed by atoms with Crippen LogP contribution in [0.15, 0.2) is 33.6 Å². The largest absolute Gasteiger partial charge is 0.339 e. The molecule has 1 saturated heterocycles. The Morgan fingerprint density at radius 3 is 2.14 bits per heavy atom. The van der Waals surface area contributed by atoms with Gasteiger partial charge in [0.25, 0.3) is 0 Å². The van der Waals surface area contributed by atoms with E-state index in [9.17, 15) is 13.2 Å². The second kappa shape index (κ2) is 7.74. The Kier molecular flexibility index (Phi) is 6.82. The monoisotopic (exact) mass is 411 g/mol. The number of sulfonamides is 1. The van der Waals surface area contributed by atoms with Crippen LogP contribution < -0.4 is 5.73 Å². The van der Waals surface area contributed by atoms with Gasteiger partial charge in [0, 0.05) is 30.7 Å². The smallest absolute Gasteiger partial charge is 0.243 e. The molecular formula is C13H19BrClN3O3S. The minimum absolute atomic E-state index is 0. The summed E-state index contributed by atoms with van der Waals surface area (Å²) in [6.45, 7) is 2.95. The van der Waals surface area contributed by atoms with Gasteiger partial charge >= 0.3 is 0 Å². The molecule has 0 aromatic heterocycles. The van der Waals surface area contributed by atoms with Crippen molar-refractivity contribution < 1.29 is 13.2 Å². The van der Waals surface area contributed by atoms with E-state index in [-0.39, 0.29) is 36.3 Å². The fourth-order valence-corrected chi connectivity index (χ4v) is 3.88. The predicted octanol–water partition coefficient (Wildman–Crippen LogP) is 1.05. The molecule has 1 aromatic rings. The number of hydrogen-bond acceptors (Lipinski definition) is 4. The molecule has 1 aliphatic rings. The Morgan fingerprint density at radius 1 is 1.18 bits per heavy atom. The molecule has 0 aliphatic carbocycles. The summed E-state index contributed by atoms with van der Waals surface area (Å²) in [7, 11) is -3.50. The standard InChI is InChI=1S/C13H18BrN3O3S.ClH/c1-10(15)13(18)16-6-8-17(9-7-16)21(19,20)12-4-2-11(14)3-5-12;/h2-5,10H,6-9,15H2,1H3;1H/t10-;/m1./s1. The van der Waals surface area contributed by atoms with Crippen molar-refractivity contribution in [1.82, 2.24) is 9.21 Å². The molecule has 22 heavy (non-hydrogen) atoms. The normalized spacial score (nSPS) is 17.7. The minimum Gasteiger partial charge on any atom is -0.339 e. The third kappa shape index (κ3) is 4.20. The van der Waals surface area contributed by atoms with Gasteiger partial charge in [-0.05, 0) is 31.2 Å². The number of rotatable bonds is 3. The summed E-state index contributed by atoms with van der Waals surface area (Å²) in [5.74, 6) is -0.143. The van der Waals surface area contributed by atoms with Gasteiger partial charge in [-0.1, -0.05) is 15.9 Å². The highest BCUT2D eigenvalue weighted by molar-refractivity contribution is 9.10. The van der Waals surface area contributed by atoms with E-state index in [1.54, 1.807) is 36.1 Å². The molecule has 0 spiro atoms. The summed E-state index contributed by atoms with van der Waals surface area (Å²) in [5.41, 5.74) is 5.56. The van der Waals surface area contributed by atoms with Gasteiger partial charge in [-0.2, -0.15) is 4.31 Å². The highest BCUT2D eigenvalue weighted by atomic mass is 79.9. The van der Waals surface area contributed by atoms with Crippen LogP contribution in [-0.2, 0) is 14.8 Å². The SMILES string of the molecule is C[C@@H](N)C(=O)N1CCN(S(=O)(=O)c2ccc(Br)cc2)CC1.Cl. The first kappa shape index (κ1) is 19.4. The summed E-state index contributed by atoms with van der Waals surface area (Å²) in [5, 5.41) is 0. The Bertz CT molecular complexity index is 614. The molecule has 1 fully saturated rings. The number of amides is 1. The number of benzene rings is 1. The molecule has 2 rings (SSSR count). The average Bonchev–Trinajstić information content (AvgIpc) is 2.47. The number of piperazine rings is 1. The summed E-state index contributed by atoms with van der Waals surface area (Å²) in [4.78, 5) is 13.7. The van der Waals surface area contributed by atoms with Crippen LogP contribution in [0.3, 0.4) is 0 Å². The molecule has 1 aromatic carbocycles. The van der Waals surface area contributed by atoms with Gasteiger partial charge in [0.15, 0.2) is 0 Å². The summed E-state index contributed by atoms with van der Waals surface area (Å²) in [6.07, 6.45) is 0. The van der Waals surface area contributed by atoms with Crippen LogP contribution in [0.25, 0.3) is 0 Å². The van der Waals surface area contributed by atoms with E-state index in [1.165, 1.54) is 4.31 Å². The molecule has 124 valence electrons. The molecular weight excluding hydrogens is 394 g/mol. The van der Waals surface area contributed by atoms with E-state index in [0.717, 1.165) is 4.47 Å². The lowest BCUT2D eigenvalue weighted by Gasteiger charge is -2.34. The zero-order valence-electron chi connectivity index (χ0n) is 12.1. The van der Waals surface area contributed by atoms with Crippen LogP contribution in [0, 0.1) is 0 Å². The second-order valence-electron chi connectivity index (χ2n) is 4.97.